The van der Waals surface area contributed by atoms with Gasteiger partial charge in [0, 0.05) is 19.2 Å². The summed E-state index contributed by atoms with van der Waals surface area (Å²) in [5.74, 6) is 0.307. The monoisotopic (exact) mass is 583 g/mol. The van der Waals surface area contributed by atoms with Crippen molar-refractivity contribution in [1.29, 1.82) is 0 Å². The summed E-state index contributed by atoms with van der Waals surface area (Å²) in [4.78, 5) is 28.3. The van der Waals surface area contributed by atoms with Gasteiger partial charge in [-0.05, 0) is 62.7 Å². The third-order valence-electron chi connectivity index (χ3n) is 6.57. The van der Waals surface area contributed by atoms with E-state index in [4.69, 9.17) is 14.2 Å². The number of carbonyl (C=O) groups is 2. The minimum Gasteiger partial charge on any atom is -0.497 e. The van der Waals surface area contributed by atoms with E-state index in [1.54, 1.807) is 69.5 Å². The third-order valence-corrected chi connectivity index (χ3v) is 8.35. The van der Waals surface area contributed by atoms with E-state index >= 15 is 0 Å². The van der Waals surface area contributed by atoms with Crippen LogP contribution in [0.1, 0.15) is 25.0 Å². The maximum Gasteiger partial charge on any atom is 0.264 e. The van der Waals surface area contributed by atoms with E-state index in [1.165, 1.54) is 37.3 Å². The van der Waals surface area contributed by atoms with Crippen molar-refractivity contribution < 1.29 is 32.2 Å². The number of anilines is 1. The number of methoxy groups -OCH3 is 3. The zero-order valence-corrected chi connectivity index (χ0v) is 25.0. The van der Waals surface area contributed by atoms with Crippen molar-refractivity contribution in [2.75, 3.05) is 38.7 Å². The highest BCUT2D eigenvalue weighted by Gasteiger charge is 2.34. The summed E-state index contributed by atoms with van der Waals surface area (Å²) in [6, 6.07) is 17.2. The molecule has 0 saturated carbocycles. The van der Waals surface area contributed by atoms with E-state index in [9.17, 15) is 18.0 Å². The zero-order valence-electron chi connectivity index (χ0n) is 24.2. The average molecular weight is 584 g/mol. The smallest absolute Gasteiger partial charge is 0.264 e. The van der Waals surface area contributed by atoms with Crippen molar-refractivity contribution >= 4 is 27.5 Å². The SMILES string of the molecule is CCNC(=O)[C@H](C)N(Cc1ccc(OC)cc1)C(=O)CN(c1cc(OC)ccc1OC)S(=O)(=O)c1ccc(C)cc1. The van der Waals surface area contributed by atoms with Gasteiger partial charge in [0.25, 0.3) is 10.0 Å². The predicted octanol–water partition coefficient (Wildman–Crippen LogP) is 3.77. The van der Waals surface area contributed by atoms with E-state index < -0.39 is 28.5 Å². The first-order chi connectivity index (χ1) is 19.5. The molecule has 0 aliphatic carbocycles. The first-order valence-corrected chi connectivity index (χ1v) is 14.5. The molecule has 0 aliphatic rings. The number of sulfonamides is 1. The van der Waals surface area contributed by atoms with E-state index in [0.717, 1.165) is 15.4 Å². The molecule has 0 aromatic heterocycles. The summed E-state index contributed by atoms with van der Waals surface area (Å²) in [6.07, 6.45) is 0. The molecule has 2 amide bonds. The molecule has 1 atom stereocenters. The van der Waals surface area contributed by atoms with Crippen LogP contribution in [0.4, 0.5) is 5.69 Å². The number of nitrogens with zero attached hydrogens (tertiary/aromatic N) is 2. The van der Waals surface area contributed by atoms with Crippen LogP contribution in [0, 0.1) is 6.92 Å². The van der Waals surface area contributed by atoms with Crippen LogP contribution < -0.4 is 23.8 Å². The quantitative estimate of drug-likeness (QED) is 0.326. The molecular weight excluding hydrogens is 546 g/mol. The number of carbonyl (C=O) groups excluding carboxylic acids is 2. The van der Waals surface area contributed by atoms with E-state index in [2.05, 4.69) is 5.32 Å². The second-order valence-corrected chi connectivity index (χ2v) is 11.2. The molecule has 3 aromatic rings. The van der Waals surface area contributed by atoms with Gasteiger partial charge >= 0.3 is 0 Å². The predicted molar refractivity (Wildman–Crippen MR) is 157 cm³/mol. The fourth-order valence-electron chi connectivity index (χ4n) is 4.17. The molecule has 0 radical (unpaired) electrons. The molecule has 3 aromatic carbocycles. The van der Waals surface area contributed by atoms with E-state index in [1.807, 2.05) is 6.92 Å². The highest BCUT2D eigenvalue weighted by Crippen LogP contribution is 2.36. The fourth-order valence-corrected chi connectivity index (χ4v) is 5.59. The van der Waals surface area contributed by atoms with Crippen LogP contribution in [-0.2, 0) is 26.2 Å². The third kappa shape index (κ3) is 7.49. The van der Waals surface area contributed by atoms with Crippen LogP contribution in [0.3, 0.4) is 0 Å². The fraction of sp³-hybridized carbons (Fsp3) is 0.333. The van der Waals surface area contributed by atoms with Gasteiger partial charge in [-0.1, -0.05) is 29.8 Å². The summed E-state index contributed by atoms with van der Waals surface area (Å²) in [7, 11) is 0.164. The first kappa shape index (κ1) is 31.3. The molecule has 0 fully saturated rings. The molecule has 11 heteroatoms. The van der Waals surface area contributed by atoms with Gasteiger partial charge in [-0.25, -0.2) is 8.42 Å². The first-order valence-electron chi connectivity index (χ1n) is 13.1. The van der Waals surface area contributed by atoms with Crippen molar-refractivity contribution in [2.45, 2.75) is 38.3 Å². The topological polar surface area (TPSA) is 114 Å². The molecule has 0 bridgehead atoms. The number of amides is 2. The Balaban J connectivity index is 2.11. The number of hydrogen-bond donors (Lipinski definition) is 1. The number of aryl methyl sites for hydroxylation is 1. The second-order valence-electron chi connectivity index (χ2n) is 9.30. The Hall–Kier alpha value is -4.25. The Morgan fingerprint density at radius 1 is 0.878 bits per heavy atom. The number of ether oxygens (including phenoxy) is 3. The standard InChI is InChI=1S/C30H37N3O7S/c1-7-31-30(35)22(3)32(19-23-10-12-24(38-4)13-11-23)29(34)20-33(27-18-25(39-5)14-17-28(27)40-6)41(36,37)26-15-8-21(2)9-16-26/h8-18,22H,7,19-20H2,1-6H3,(H,31,35)/t22-/m0/s1. The lowest BCUT2D eigenvalue weighted by Gasteiger charge is -2.32. The largest absolute Gasteiger partial charge is 0.497 e. The van der Waals surface area contributed by atoms with Gasteiger partial charge in [0.05, 0.1) is 31.9 Å². The molecule has 3 rings (SSSR count). The molecule has 0 saturated heterocycles. The maximum atomic E-state index is 14.1. The number of rotatable bonds is 13. The number of hydrogen-bond acceptors (Lipinski definition) is 7. The summed E-state index contributed by atoms with van der Waals surface area (Å²) >= 11 is 0. The van der Waals surface area contributed by atoms with Gasteiger partial charge in [-0.2, -0.15) is 0 Å². The summed E-state index contributed by atoms with van der Waals surface area (Å²) in [6.45, 7) is 5.09. The molecule has 41 heavy (non-hydrogen) atoms. The van der Waals surface area contributed by atoms with Gasteiger partial charge < -0.3 is 24.4 Å². The molecule has 10 nitrogen and oxygen atoms in total. The van der Waals surface area contributed by atoms with Crippen molar-refractivity contribution in [3.8, 4) is 17.2 Å². The summed E-state index contributed by atoms with van der Waals surface area (Å²) < 4.78 is 45.2. The number of benzene rings is 3. The van der Waals surface area contributed by atoms with E-state index in [-0.39, 0.29) is 28.8 Å². The lowest BCUT2D eigenvalue weighted by Crippen LogP contribution is -2.51. The Labute approximate surface area is 241 Å². The van der Waals surface area contributed by atoms with Gasteiger partial charge in [0.1, 0.15) is 29.8 Å². The Morgan fingerprint density at radius 2 is 1.49 bits per heavy atom. The van der Waals surface area contributed by atoms with Gasteiger partial charge in [-0.15, -0.1) is 0 Å². The Morgan fingerprint density at radius 3 is 2.05 bits per heavy atom. The molecule has 1 N–H and O–H groups in total. The van der Waals surface area contributed by atoms with Gasteiger partial charge in [0.2, 0.25) is 11.8 Å². The normalized spacial score (nSPS) is 11.8. The molecule has 220 valence electrons. The van der Waals surface area contributed by atoms with Crippen LogP contribution in [-0.4, -0.2) is 65.6 Å². The van der Waals surface area contributed by atoms with Gasteiger partial charge in [-0.3, -0.25) is 13.9 Å². The minimum absolute atomic E-state index is 0.000693. The zero-order chi connectivity index (χ0) is 30.2. The summed E-state index contributed by atoms with van der Waals surface area (Å²) in [5.41, 5.74) is 1.74. The lowest BCUT2D eigenvalue weighted by molar-refractivity contribution is -0.139. The van der Waals surface area contributed by atoms with Crippen LogP contribution in [0.25, 0.3) is 0 Å². The highest BCUT2D eigenvalue weighted by atomic mass is 32.2. The Bertz CT molecular complexity index is 1440. The highest BCUT2D eigenvalue weighted by molar-refractivity contribution is 7.92. The number of likely N-dealkylation sites (N-methyl/N-ethyl adjacent to an activating group) is 1. The second kappa shape index (κ2) is 13.9. The van der Waals surface area contributed by atoms with E-state index in [0.29, 0.717) is 18.0 Å². The number of nitrogens with one attached hydrogen (secondary N) is 1. The molecule has 0 heterocycles. The lowest BCUT2D eigenvalue weighted by atomic mass is 10.1. The molecule has 0 spiro atoms. The van der Waals surface area contributed by atoms with Crippen molar-refractivity contribution in [1.82, 2.24) is 10.2 Å². The molecular formula is C30H37N3O7S. The van der Waals surface area contributed by atoms with Gasteiger partial charge in [0.15, 0.2) is 0 Å². The summed E-state index contributed by atoms with van der Waals surface area (Å²) in [5, 5.41) is 2.74. The van der Waals surface area contributed by atoms with Crippen LogP contribution in [0.5, 0.6) is 17.2 Å². The van der Waals surface area contributed by atoms with Crippen molar-refractivity contribution in [3.05, 3.63) is 77.9 Å². The van der Waals surface area contributed by atoms with Crippen LogP contribution in [0.2, 0.25) is 0 Å². The molecule has 0 aliphatic heterocycles. The average Bonchev–Trinajstić information content (AvgIpc) is 2.98. The minimum atomic E-state index is -4.26. The maximum absolute atomic E-state index is 14.1. The Kier molecular flexibility index (Phi) is 10.6. The van der Waals surface area contributed by atoms with Crippen molar-refractivity contribution in [2.24, 2.45) is 0 Å². The van der Waals surface area contributed by atoms with Crippen LogP contribution >= 0.6 is 0 Å². The molecule has 0 unspecified atom stereocenters. The van der Waals surface area contributed by atoms with Crippen molar-refractivity contribution in [3.63, 3.8) is 0 Å². The van der Waals surface area contributed by atoms with Crippen LogP contribution in [0.15, 0.2) is 71.6 Å².